The maximum atomic E-state index is 14.0. The van der Waals surface area contributed by atoms with E-state index in [0.29, 0.717) is 38.8 Å². The number of carbonyl (C=O) groups excluding carboxylic acids is 1. The van der Waals surface area contributed by atoms with Gasteiger partial charge in [-0.15, -0.1) is 11.3 Å². The van der Waals surface area contributed by atoms with Crippen molar-refractivity contribution in [2.75, 3.05) is 25.0 Å². The number of anilines is 1. The third-order valence-corrected chi connectivity index (χ3v) is 7.77. The molecule has 0 unspecified atom stereocenters. The molecule has 0 N–H and O–H groups in total. The second kappa shape index (κ2) is 8.70. The first kappa shape index (κ1) is 22.3. The Morgan fingerprint density at radius 3 is 2.24 bits per heavy atom. The van der Waals surface area contributed by atoms with E-state index in [4.69, 9.17) is 12.2 Å². The van der Waals surface area contributed by atoms with Gasteiger partial charge in [-0.2, -0.15) is 0 Å². The van der Waals surface area contributed by atoms with Gasteiger partial charge in [-0.3, -0.25) is 19.1 Å². The van der Waals surface area contributed by atoms with Crippen molar-refractivity contribution in [3.63, 3.8) is 0 Å². The highest BCUT2D eigenvalue weighted by atomic mass is 32.1. The van der Waals surface area contributed by atoms with Crippen LogP contribution in [0, 0.1) is 0 Å². The van der Waals surface area contributed by atoms with Crippen molar-refractivity contribution in [1.29, 1.82) is 0 Å². The molecule has 0 spiro atoms. The number of thiazole rings is 1. The highest BCUT2D eigenvalue weighted by Gasteiger charge is 2.37. The number of carbonyl (C=O) groups is 1. The van der Waals surface area contributed by atoms with Crippen molar-refractivity contribution >= 4 is 57.7 Å². The van der Waals surface area contributed by atoms with Gasteiger partial charge in [0.05, 0.1) is 11.4 Å². The molecule has 0 atom stereocenters. The van der Waals surface area contributed by atoms with Crippen LogP contribution in [0.5, 0.6) is 0 Å². The highest BCUT2D eigenvalue weighted by molar-refractivity contribution is 7.80. The number of amides is 1. The van der Waals surface area contributed by atoms with Crippen LogP contribution in [0.2, 0.25) is 0 Å². The van der Waals surface area contributed by atoms with E-state index >= 15 is 0 Å². The zero-order chi connectivity index (χ0) is 24.0. The van der Waals surface area contributed by atoms with Gasteiger partial charge in [0, 0.05) is 25.8 Å². The second-order valence-corrected chi connectivity index (χ2v) is 9.34. The molecule has 1 amide bonds. The number of fused-ring (bicyclic) bond motifs is 1. The molecule has 0 saturated carbocycles. The fraction of sp³-hybridized carbons (Fsp3) is 0.192. The fourth-order valence-corrected chi connectivity index (χ4v) is 6.02. The van der Waals surface area contributed by atoms with Crippen molar-refractivity contribution in [3.05, 3.63) is 85.8 Å². The second-order valence-electron chi connectivity index (χ2n) is 7.97. The summed E-state index contributed by atoms with van der Waals surface area (Å²) in [4.78, 5) is 32.7. The molecule has 6 nitrogen and oxygen atoms in total. The monoisotopic (exact) mass is 488 g/mol. The molecule has 3 aromatic rings. The Balaban J connectivity index is 1.90. The summed E-state index contributed by atoms with van der Waals surface area (Å²) in [6, 6.07) is 17.6. The van der Waals surface area contributed by atoms with Crippen LogP contribution in [0.4, 0.5) is 5.69 Å². The summed E-state index contributed by atoms with van der Waals surface area (Å²) >= 11 is 6.86. The predicted molar refractivity (Wildman–Crippen MR) is 142 cm³/mol. The fourth-order valence-electron chi connectivity index (χ4n) is 4.46. The molecule has 0 aliphatic carbocycles. The Bertz CT molecular complexity index is 1520. The first-order chi connectivity index (χ1) is 16.5. The summed E-state index contributed by atoms with van der Waals surface area (Å²) in [5.41, 5.74) is 3.98. The summed E-state index contributed by atoms with van der Waals surface area (Å²) in [6.07, 6.45) is 4.03. The lowest BCUT2D eigenvalue weighted by Crippen LogP contribution is -2.36. The molecule has 2 aliphatic rings. The van der Waals surface area contributed by atoms with E-state index in [-0.39, 0.29) is 11.5 Å². The van der Waals surface area contributed by atoms with Crippen molar-refractivity contribution in [1.82, 2.24) is 14.4 Å². The molecule has 0 bridgehead atoms. The molecular weight excluding hydrogens is 464 g/mol. The van der Waals surface area contributed by atoms with E-state index in [1.54, 1.807) is 21.4 Å². The zero-order valence-electron chi connectivity index (χ0n) is 19.2. The summed E-state index contributed by atoms with van der Waals surface area (Å²) in [5.74, 6) is -0.186. The SMILES string of the molecule is CCN1C(=O)/C(=c2/s/c(=C3/C=Cc4ccccc4N3CC)c(=O)n2-c2ccccc2)N(C)C1=S. The van der Waals surface area contributed by atoms with Crippen molar-refractivity contribution in [2.24, 2.45) is 0 Å². The Morgan fingerprint density at radius 2 is 1.56 bits per heavy atom. The van der Waals surface area contributed by atoms with Gasteiger partial charge in [-0.1, -0.05) is 42.5 Å². The average molecular weight is 489 g/mol. The molecule has 3 heterocycles. The molecular formula is C26H24N4O2S2. The number of rotatable bonds is 3. The molecule has 1 aromatic heterocycles. The van der Waals surface area contributed by atoms with Gasteiger partial charge in [0.2, 0.25) is 0 Å². The van der Waals surface area contributed by atoms with Crippen LogP contribution in [0.15, 0.2) is 65.5 Å². The van der Waals surface area contributed by atoms with Gasteiger partial charge < -0.3 is 9.80 Å². The van der Waals surface area contributed by atoms with E-state index in [0.717, 1.165) is 16.9 Å². The van der Waals surface area contributed by atoms with E-state index in [1.807, 2.05) is 61.5 Å². The van der Waals surface area contributed by atoms with E-state index in [2.05, 4.69) is 24.0 Å². The Labute approximate surface area is 207 Å². The first-order valence-corrected chi connectivity index (χ1v) is 12.4. The predicted octanol–water partition coefficient (Wildman–Crippen LogP) is 2.75. The van der Waals surface area contributed by atoms with E-state index < -0.39 is 0 Å². The maximum Gasteiger partial charge on any atom is 0.279 e. The minimum absolute atomic E-state index is 0.154. The number of likely N-dealkylation sites (N-methyl/N-ethyl adjacent to an activating group) is 3. The van der Waals surface area contributed by atoms with Gasteiger partial charge in [-0.25, -0.2) is 0 Å². The van der Waals surface area contributed by atoms with Gasteiger partial charge in [0.15, 0.2) is 5.11 Å². The largest absolute Gasteiger partial charge is 0.340 e. The molecule has 0 radical (unpaired) electrons. The minimum atomic E-state index is -0.186. The third-order valence-electron chi connectivity index (χ3n) is 6.12. The van der Waals surface area contributed by atoms with Crippen LogP contribution < -0.4 is 19.7 Å². The van der Waals surface area contributed by atoms with E-state index in [9.17, 15) is 9.59 Å². The van der Waals surface area contributed by atoms with Crippen LogP contribution in [-0.2, 0) is 4.79 Å². The van der Waals surface area contributed by atoms with E-state index in [1.165, 1.54) is 11.3 Å². The molecule has 2 aliphatic heterocycles. The summed E-state index contributed by atoms with van der Waals surface area (Å²) < 4.78 is 2.80. The molecule has 2 aromatic carbocycles. The van der Waals surface area contributed by atoms with Crippen LogP contribution in [0.3, 0.4) is 0 Å². The quantitative estimate of drug-likeness (QED) is 0.531. The first-order valence-electron chi connectivity index (χ1n) is 11.2. The van der Waals surface area contributed by atoms with Gasteiger partial charge in [-0.05, 0) is 55.9 Å². The Morgan fingerprint density at radius 1 is 0.882 bits per heavy atom. The Kier molecular flexibility index (Phi) is 5.71. The van der Waals surface area contributed by atoms with Crippen molar-refractivity contribution < 1.29 is 4.79 Å². The molecule has 172 valence electrons. The van der Waals surface area contributed by atoms with Crippen LogP contribution >= 0.6 is 23.6 Å². The van der Waals surface area contributed by atoms with Crippen molar-refractivity contribution in [3.8, 4) is 5.69 Å². The minimum Gasteiger partial charge on any atom is -0.340 e. The molecule has 8 heteroatoms. The lowest BCUT2D eigenvalue weighted by Gasteiger charge is -2.28. The van der Waals surface area contributed by atoms with Gasteiger partial charge in [0.25, 0.3) is 11.5 Å². The number of thiocarbonyl (C=S) groups is 1. The molecule has 5 rings (SSSR count). The van der Waals surface area contributed by atoms with Crippen LogP contribution in [0.25, 0.3) is 23.2 Å². The molecule has 1 fully saturated rings. The number of aromatic nitrogens is 1. The number of para-hydroxylation sites is 2. The smallest absolute Gasteiger partial charge is 0.279 e. The normalized spacial score (nSPS) is 18.7. The molecule has 1 saturated heterocycles. The summed E-state index contributed by atoms with van der Waals surface area (Å²) in [6.45, 7) is 5.14. The van der Waals surface area contributed by atoms with Gasteiger partial charge in [0.1, 0.15) is 14.9 Å². The maximum absolute atomic E-state index is 14.0. The van der Waals surface area contributed by atoms with Crippen LogP contribution in [0.1, 0.15) is 19.4 Å². The highest BCUT2D eigenvalue weighted by Crippen LogP contribution is 2.30. The third kappa shape index (κ3) is 3.33. The zero-order valence-corrected chi connectivity index (χ0v) is 20.8. The lowest BCUT2D eigenvalue weighted by atomic mass is 10.1. The number of hydrogen-bond donors (Lipinski definition) is 0. The summed E-state index contributed by atoms with van der Waals surface area (Å²) in [7, 11) is 1.78. The number of hydrogen-bond acceptors (Lipinski definition) is 5. The number of benzene rings is 2. The lowest BCUT2D eigenvalue weighted by molar-refractivity contribution is -0.120. The van der Waals surface area contributed by atoms with Crippen LogP contribution in [-0.4, -0.2) is 45.5 Å². The van der Waals surface area contributed by atoms with Crippen molar-refractivity contribution in [2.45, 2.75) is 13.8 Å². The van der Waals surface area contributed by atoms with Gasteiger partial charge >= 0.3 is 0 Å². The molecule has 34 heavy (non-hydrogen) atoms. The topological polar surface area (TPSA) is 48.8 Å². The Hall–Kier alpha value is -3.49. The average Bonchev–Trinajstić information content (AvgIpc) is 3.30. The standard InChI is InChI=1S/C26H24N4O2S2/c1-4-28-19-14-10-9-11-17(19)15-16-20(28)22-24(32)30(18-12-7-6-8-13-18)25(34-22)21-23(31)29(5-2)26(33)27(21)3/h6-16H,4-5H2,1-3H3/b22-20-,25-21-. The summed E-state index contributed by atoms with van der Waals surface area (Å²) in [5, 5.41) is 0.443. The number of nitrogens with zero attached hydrogens (tertiary/aromatic N) is 4.